The molecule has 0 aromatic rings. The maximum absolute atomic E-state index is 10.4. The van der Waals surface area contributed by atoms with Gasteiger partial charge >= 0.3 is 5.97 Å². The molecule has 4 heteroatoms. The maximum atomic E-state index is 10.4. The summed E-state index contributed by atoms with van der Waals surface area (Å²) in [5.41, 5.74) is -0.345. The van der Waals surface area contributed by atoms with E-state index in [9.17, 15) is 9.59 Å². The lowest BCUT2D eigenvalue weighted by atomic mass is 10.2. The van der Waals surface area contributed by atoms with Crippen molar-refractivity contribution in [2.75, 3.05) is 7.11 Å². The lowest BCUT2D eigenvalue weighted by molar-refractivity contribution is -0.134. The van der Waals surface area contributed by atoms with Gasteiger partial charge in [0.25, 0.3) is 0 Å². The molecule has 0 bridgehead atoms. The second-order valence-electron chi connectivity index (χ2n) is 1.63. The molecule has 0 aromatic heterocycles. The first kappa shape index (κ1) is 8.68. The first-order valence-electron chi connectivity index (χ1n) is 2.56. The van der Waals surface area contributed by atoms with Crippen molar-refractivity contribution in [2.45, 2.75) is 6.92 Å². The summed E-state index contributed by atoms with van der Waals surface area (Å²) in [4.78, 5) is 20.6. The van der Waals surface area contributed by atoms with E-state index in [1.165, 1.54) is 14.0 Å². The number of carbonyl (C=O) groups is 2. The number of rotatable bonds is 3. The summed E-state index contributed by atoms with van der Waals surface area (Å²) < 4.78 is 4.36. The number of carboxylic acid groups (broad SMARTS) is 1. The van der Waals surface area contributed by atoms with E-state index in [4.69, 9.17) is 5.11 Å². The van der Waals surface area contributed by atoms with Gasteiger partial charge in [0.2, 0.25) is 0 Å². The average molecular weight is 144 g/mol. The molecule has 0 spiro atoms. The Hall–Kier alpha value is -1.32. The Kier molecular flexibility index (Phi) is 3.17. The van der Waals surface area contributed by atoms with Crippen LogP contribution in [-0.2, 0) is 14.3 Å². The van der Waals surface area contributed by atoms with Crippen molar-refractivity contribution in [1.82, 2.24) is 0 Å². The number of Topliss-reactive ketones (excluding diaryl/α,β-unsaturated/α-hetero) is 1. The van der Waals surface area contributed by atoms with Crippen molar-refractivity contribution in [3.8, 4) is 0 Å². The fourth-order valence-electron chi connectivity index (χ4n) is 0.402. The van der Waals surface area contributed by atoms with Crippen LogP contribution in [0.5, 0.6) is 0 Å². The van der Waals surface area contributed by atoms with Crippen LogP contribution < -0.4 is 0 Å². The largest absolute Gasteiger partial charge is 0.503 e. The fraction of sp³-hybridized carbons (Fsp3) is 0.333. The maximum Gasteiger partial charge on any atom is 0.342 e. The minimum atomic E-state index is -1.27. The van der Waals surface area contributed by atoms with Gasteiger partial charge in [-0.1, -0.05) is 0 Å². The van der Waals surface area contributed by atoms with Crippen LogP contribution in [0, 0.1) is 0 Å². The fourth-order valence-corrected chi connectivity index (χ4v) is 0.402. The third-order valence-corrected chi connectivity index (χ3v) is 0.845. The van der Waals surface area contributed by atoms with E-state index < -0.39 is 11.8 Å². The summed E-state index contributed by atoms with van der Waals surface area (Å²) in [5.74, 6) is -1.79. The number of hydrogen-bond donors (Lipinski definition) is 1. The van der Waals surface area contributed by atoms with Crippen LogP contribution in [0.1, 0.15) is 6.92 Å². The van der Waals surface area contributed by atoms with E-state index in [0.717, 1.165) is 6.26 Å². The van der Waals surface area contributed by atoms with Gasteiger partial charge in [-0.3, -0.25) is 4.79 Å². The van der Waals surface area contributed by atoms with Gasteiger partial charge < -0.3 is 9.84 Å². The van der Waals surface area contributed by atoms with Crippen molar-refractivity contribution in [3.63, 3.8) is 0 Å². The molecule has 0 aliphatic heterocycles. The molecule has 0 radical (unpaired) electrons. The van der Waals surface area contributed by atoms with Crippen LogP contribution in [0.3, 0.4) is 0 Å². The number of carbonyl (C=O) groups excluding carboxylic acids is 1. The molecule has 0 saturated heterocycles. The molecule has 0 heterocycles. The van der Waals surface area contributed by atoms with Gasteiger partial charge in [0.1, 0.15) is 11.8 Å². The zero-order valence-corrected chi connectivity index (χ0v) is 5.75. The van der Waals surface area contributed by atoms with Crippen molar-refractivity contribution < 1.29 is 19.4 Å². The lowest BCUT2D eigenvalue weighted by Gasteiger charge is -1.93. The summed E-state index contributed by atoms with van der Waals surface area (Å²) in [6.45, 7) is 1.17. The van der Waals surface area contributed by atoms with Gasteiger partial charge in [0.05, 0.1) is 7.11 Å². The zero-order valence-electron chi connectivity index (χ0n) is 5.75. The zero-order chi connectivity index (χ0) is 8.15. The van der Waals surface area contributed by atoms with Crippen molar-refractivity contribution in [3.05, 3.63) is 11.8 Å². The van der Waals surface area contributed by atoms with E-state index >= 15 is 0 Å². The Morgan fingerprint density at radius 1 is 1.50 bits per heavy atom. The number of methoxy groups -OCH3 is 1. The van der Waals surface area contributed by atoms with Gasteiger partial charge in [-0.2, -0.15) is 0 Å². The Morgan fingerprint density at radius 2 is 2.00 bits per heavy atom. The first-order chi connectivity index (χ1) is 4.59. The standard InChI is InChI=1S/C6H8O4/c1-4(7)5(3-10-2)6(8)9/h3H,1-2H3,(H,8,9)/b5-3+. The molecule has 10 heavy (non-hydrogen) atoms. The van der Waals surface area contributed by atoms with Crippen molar-refractivity contribution >= 4 is 11.8 Å². The SMILES string of the molecule is CO/C=C(\C(C)=O)C(=O)O. The Morgan fingerprint density at radius 3 is 2.10 bits per heavy atom. The smallest absolute Gasteiger partial charge is 0.342 e. The monoisotopic (exact) mass is 144 g/mol. The molecule has 56 valence electrons. The van der Waals surface area contributed by atoms with Gasteiger partial charge in [0, 0.05) is 0 Å². The quantitative estimate of drug-likeness (QED) is 0.266. The number of ketones is 1. The highest BCUT2D eigenvalue weighted by atomic mass is 16.5. The third-order valence-electron chi connectivity index (χ3n) is 0.845. The van der Waals surface area contributed by atoms with E-state index in [1.807, 2.05) is 0 Å². The van der Waals surface area contributed by atoms with Crippen molar-refractivity contribution in [2.24, 2.45) is 0 Å². The summed E-state index contributed by atoms with van der Waals surface area (Å²) in [6.07, 6.45) is 0.907. The minimum absolute atomic E-state index is 0.345. The Balaban J connectivity index is 4.42. The van der Waals surface area contributed by atoms with Gasteiger partial charge in [-0.15, -0.1) is 0 Å². The molecule has 0 aromatic carbocycles. The molecule has 0 rings (SSSR count). The molecule has 0 atom stereocenters. The van der Waals surface area contributed by atoms with E-state index in [0.29, 0.717) is 0 Å². The van der Waals surface area contributed by atoms with Crippen LogP contribution in [0.4, 0.5) is 0 Å². The van der Waals surface area contributed by atoms with Gasteiger partial charge in [-0.25, -0.2) is 4.79 Å². The molecule has 1 N–H and O–H groups in total. The average Bonchev–Trinajstić information content (AvgIpc) is 1.81. The molecule has 0 aliphatic rings. The van der Waals surface area contributed by atoms with E-state index in [1.54, 1.807) is 0 Å². The summed E-state index contributed by atoms with van der Waals surface area (Å²) in [6, 6.07) is 0. The highest BCUT2D eigenvalue weighted by Gasteiger charge is 2.11. The van der Waals surface area contributed by atoms with E-state index in [-0.39, 0.29) is 5.57 Å². The highest BCUT2D eigenvalue weighted by Crippen LogP contribution is 1.95. The van der Waals surface area contributed by atoms with Crippen LogP contribution >= 0.6 is 0 Å². The predicted octanol–water partition coefficient (Wildman–Crippen LogP) is 0.190. The first-order valence-corrected chi connectivity index (χ1v) is 2.56. The normalized spacial score (nSPS) is 10.8. The van der Waals surface area contributed by atoms with Gasteiger partial charge in [0.15, 0.2) is 5.78 Å². The number of aliphatic carboxylic acids is 1. The molecular weight excluding hydrogens is 136 g/mol. The summed E-state index contributed by atoms with van der Waals surface area (Å²) >= 11 is 0. The second-order valence-corrected chi connectivity index (χ2v) is 1.63. The second kappa shape index (κ2) is 3.66. The predicted molar refractivity (Wildman–Crippen MR) is 33.4 cm³/mol. The lowest BCUT2D eigenvalue weighted by Crippen LogP contribution is -2.08. The van der Waals surface area contributed by atoms with E-state index in [2.05, 4.69) is 4.74 Å². The Labute approximate surface area is 58.1 Å². The minimum Gasteiger partial charge on any atom is -0.503 e. The molecule has 0 aliphatic carbocycles. The van der Waals surface area contributed by atoms with Crippen LogP contribution in [-0.4, -0.2) is 24.0 Å². The molecule has 4 nitrogen and oxygen atoms in total. The number of carboxylic acids is 1. The molecular formula is C6H8O4. The highest BCUT2D eigenvalue weighted by molar-refractivity contribution is 6.15. The summed E-state index contributed by atoms with van der Waals surface area (Å²) in [5, 5.41) is 8.31. The van der Waals surface area contributed by atoms with Crippen LogP contribution in [0.25, 0.3) is 0 Å². The number of hydrogen-bond acceptors (Lipinski definition) is 3. The summed E-state index contributed by atoms with van der Waals surface area (Å²) in [7, 11) is 1.28. The molecule has 0 unspecified atom stereocenters. The molecule has 0 amide bonds. The number of ether oxygens (including phenoxy) is 1. The topological polar surface area (TPSA) is 63.6 Å². The van der Waals surface area contributed by atoms with Gasteiger partial charge in [-0.05, 0) is 6.92 Å². The van der Waals surface area contributed by atoms with Crippen molar-refractivity contribution in [1.29, 1.82) is 0 Å². The molecule has 0 saturated carbocycles. The third kappa shape index (κ3) is 2.30. The molecule has 0 fully saturated rings. The van der Waals surface area contributed by atoms with Crippen LogP contribution in [0.2, 0.25) is 0 Å². The Bertz CT molecular complexity index is 164. The van der Waals surface area contributed by atoms with Crippen LogP contribution in [0.15, 0.2) is 11.8 Å².